The molecule has 35 heavy (non-hydrogen) atoms. The summed E-state index contributed by atoms with van der Waals surface area (Å²) < 4.78 is 5.94. The molecule has 2 aromatic carbocycles. The van der Waals surface area contributed by atoms with E-state index in [1.54, 1.807) is 0 Å². The normalized spacial score (nSPS) is 13.3. The van der Waals surface area contributed by atoms with Gasteiger partial charge in [0.25, 0.3) is 0 Å². The maximum Gasteiger partial charge on any atom is 0.0469 e. The Hall–Kier alpha value is -1.60. The topological polar surface area (TPSA) is 9.23 Å². The fourth-order valence-corrected chi connectivity index (χ4v) is 5.96. The molecule has 1 nitrogen and oxygen atoms in total. The predicted octanol–water partition coefficient (Wildman–Crippen LogP) is 9.70. The minimum Gasteiger partial charge on any atom is -0.381 e. The Kier molecular flexibility index (Phi) is 10.2. The van der Waals surface area contributed by atoms with Crippen LogP contribution in [0.15, 0.2) is 48.5 Å². The molecule has 0 amide bonds. The number of rotatable bonds is 12. The van der Waals surface area contributed by atoms with E-state index in [4.69, 9.17) is 4.74 Å². The zero-order valence-corrected chi connectivity index (χ0v) is 24.7. The molecular weight excluding hydrogens is 424 g/mol. The number of aryl methyl sites for hydroxylation is 2. The molecule has 0 spiro atoms. The second-order valence-electron chi connectivity index (χ2n) is 14.5. The Balaban J connectivity index is 1.67. The van der Waals surface area contributed by atoms with Crippen LogP contribution in [0.4, 0.5) is 0 Å². The first kappa shape index (κ1) is 29.6. The van der Waals surface area contributed by atoms with Crippen LogP contribution in [0.25, 0.3) is 0 Å². The van der Waals surface area contributed by atoms with Gasteiger partial charge in [0.2, 0.25) is 0 Å². The summed E-state index contributed by atoms with van der Waals surface area (Å²) in [4.78, 5) is 0. The van der Waals surface area contributed by atoms with Crippen molar-refractivity contribution in [3.05, 3.63) is 70.8 Å². The highest BCUT2D eigenvalue weighted by Gasteiger charge is 2.28. The molecule has 2 rings (SSSR count). The monoisotopic (exact) mass is 478 g/mol. The molecule has 0 bridgehead atoms. The first-order valence-electron chi connectivity index (χ1n) is 13.8. The van der Waals surface area contributed by atoms with E-state index in [2.05, 4.69) is 118 Å². The van der Waals surface area contributed by atoms with E-state index in [0.717, 1.165) is 38.9 Å². The number of hydrogen-bond acceptors (Lipinski definition) is 1. The van der Waals surface area contributed by atoms with Gasteiger partial charge in [-0.25, -0.2) is 0 Å². The molecule has 1 heteroatoms. The molecule has 196 valence electrons. The van der Waals surface area contributed by atoms with Crippen LogP contribution in [0.2, 0.25) is 0 Å². The molecule has 2 aromatic rings. The third-order valence-electron chi connectivity index (χ3n) is 6.92. The zero-order valence-electron chi connectivity index (χ0n) is 24.7. The highest BCUT2D eigenvalue weighted by Crippen LogP contribution is 2.37. The molecule has 0 heterocycles. The molecule has 0 aromatic heterocycles. The predicted molar refractivity (Wildman–Crippen MR) is 155 cm³/mol. The average Bonchev–Trinajstić information content (AvgIpc) is 2.70. The van der Waals surface area contributed by atoms with Gasteiger partial charge in [-0.2, -0.15) is 0 Å². The van der Waals surface area contributed by atoms with Crippen molar-refractivity contribution in [1.82, 2.24) is 0 Å². The van der Waals surface area contributed by atoms with Crippen LogP contribution in [0.1, 0.15) is 117 Å². The van der Waals surface area contributed by atoms with Crippen LogP contribution >= 0.6 is 0 Å². The largest absolute Gasteiger partial charge is 0.381 e. The summed E-state index contributed by atoms with van der Waals surface area (Å²) >= 11 is 0. The van der Waals surface area contributed by atoms with Crippen molar-refractivity contribution in [1.29, 1.82) is 0 Å². The summed E-state index contributed by atoms with van der Waals surface area (Å²) in [5.74, 6) is 0. The van der Waals surface area contributed by atoms with Gasteiger partial charge in [0.05, 0.1) is 0 Å². The zero-order chi connectivity index (χ0) is 26.3. The summed E-state index contributed by atoms with van der Waals surface area (Å²) in [7, 11) is 0. The number of benzene rings is 2. The lowest BCUT2D eigenvalue weighted by Crippen LogP contribution is -2.24. The third-order valence-corrected chi connectivity index (χ3v) is 6.92. The second kappa shape index (κ2) is 12.1. The number of ether oxygens (including phenoxy) is 1. The molecule has 0 unspecified atom stereocenters. The van der Waals surface area contributed by atoms with Gasteiger partial charge in [0.1, 0.15) is 0 Å². The van der Waals surface area contributed by atoms with Crippen molar-refractivity contribution in [3.63, 3.8) is 0 Å². The van der Waals surface area contributed by atoms with E-state index >= 15 is 0 Å². The van der Waals surface area contributed by atoms with Crippen molar-refractivity contribution in [2.45, 2.75) is 119 Å². The molecule has 0 aliphatic heterocycles. The van der Waals surface area contributed by atoms with Crippen LogP contribution in [0.5, 0.6) is 0 Å². The maximum absolute atomic E-state index is 5.94. The van der Waals surface area contributed by atoms with Crippen LogP contribution in [0.3, 0.4) is 0 Å². The highest BCUT2D eigenvalue weighted by atomic mass is 16.5. The van der Waals surface area contributed by atoms with Crippen molar-refractivity contribution in [3.8, 4) is 0 Å². The minimum atomic E-state index is 0.211. The summed E-state index contributed by atoms with van der Waals surface area (Å²) in [6.07, 6.45) is 6.72. The maximum atomic E-state index is 5.94. The van der Waals surface area contributed by atoms with Gasteiger partial charge < -0.3 is 4.74 Å². The van der Waals surface area contributed by atoms with Gasteiger partial charge in [-0.1, -0.05) is 118 Å². The summed E-state index contributed by atoms with van der Waals surface area (Å²) in [5, 5.41) is 0. The van der Waals surface area contributed by atoms with Gasteiger partial charge in [0, 0.05) is 13.2 Å². The third kappa shape index (κ3) is 10.9. The van der Waals surface area contributed by atoms with Crippen molar-refractivity contribution >= 4 is 0 Å². The van der Waals surface area contributed by atoms with E-state index in [1.807, 2.05) is 0 Å². The molecule has 0 saturated heterocycles. The molecule has 0 aliphatic rings. The van der Waals surface area contributed by atoms with Crippen molar-refractivity contribution in [2.75, 3.05) is 13.2 Å². The van der Waals surface area contributed by atoms with Gasteiger partial charge in [0.15, 0.2) is 0 Å². The van der Waals surface area contributed by atoms with E-state index < -0.39 is 0 Å². The number of hydrogen-bond donors (Lipinski definition) is 0. The second-order valence-corrected chi connectivity index (χ2v) is 14.5. The first-order valence-corrected chi connectivity index (χ1v) is 13.8. The molecular formula is C34H54O. The molecule has 0 saturated carbocycles. The van der Waals surface area contributed by atoms with E-state index in [-0.39, 0.29) is 10.8 Å². The van der Waals surface area contributed by atoms with Gasteiger partial charge in [-0.05, 0) is 82.4 Å². The van der Waals surface area contributed by atoms with E-state index in [9.17, 15) is 0 Å². The summed E-state index contributed by atoms with van der Waals surface area (Å²) in [5.41, 5.74) is 6.82. The van der Waals surface area contributed by atoms with Gasteiger partial charge in [-0.15, -0.1) is 0 Å². The minimum absolute atomic E-state index is 0.211. The summed E-state index contributed by atoms with van der Waals surface area (Å²) in [6, 6.07) is 18.6. The Labute approximate surface area is 218 Å². The fraction of sp³-hybridized carbons (Fsp3) is 0.647. The molecule has 0 atom stereocenters. The average molecular weight is 479 g/mol. The fourth-order valence-electron chi connectivity index (χ4n) is 5.96. The molecule has 0 N–H and O–H groups in total. The first-order chi connectivity index (χ1) is 16.1. The van der Waals surface area contributed by atoms with Crippen molar-refractivity contribution < 1.29 is 4.74 Å². The van der Waals surface area contributed by atoms with Crippen molar-refractivity contribution in [2.24, 2.45) is 10.8 Å². The Morgan fingerprint density at radius 1 is 0.486 bits per heavy atom. The highest BCUT2D eigenvalue weighted by molar-refractivity contribution is 5.29. The lowest BCUT2D eigenvalue weighted by atomic mass is 9.72. The van der Waals surface area contributed by atoms with Crippen LogP contribution in [0, 0.1) is 10.8 Å². The van der Waals surface area contributed by atoms with E-state index in [1.165, 1.54) is 35.1 Å². The molecule has 0 radical (unpaired) electrons. The van der Waals surface area contributed by atoms with Crippen LogP contribution in [-0.4, -0.2) is 13.2 Å². The lowest BCUT2D eigenvalue weighted by molar-refractivity contribution is 0.130. The van der Waals surface area contributed by atoms with E-state index in [0.29, 0.717) is 10.8 Å². The Morgan fingerprint density at radius 2 is 0.800 bits per heavy atom. The molecule has 0 fully saturated rings. The standard InChI is InChI=1S/C34H54O/c1-31(2,3)25-33(7,8)29-19-15-27(16-20-29)13-11-23-35-24-12-14-28-17-21-30(22-18-28)34(9,10)26-32(4,5)6/h15-22H,11-14,23-26H2,1-10H3. The Morgan fingerprint density at radius 3 is 1.09 bits per heavy atom. The van der Waals surface area contributed by atoms with Crippen LogP contribution < -0.4 is 0 Å². The quantitative estimate of drug-likeness (QED) is 0.276. The summed E-state index contributed by atoms with van der Waals surface area (Å²) in [6.45, 7) is 25.1. The van der Waals surface area contributed by atoms with Gasteiger partial charge in [-0.3, -0.25) is 0 Å². The smallest absolute Gasteiger partial charge is 0.0469 e. The molecule has 0 aliphatic carbocycles. The lowest BCUT2D eigenvalue weighted by Gasteiger charge is -2.33. The SMILES string of the molecule is CC(C)(C)CC(C)(C)c1ccc(CCCOCCCc2ccc(C(C)(C)CC(C)(C)C)cc2)cc1. The Bertz CT molecular complexity index is 795. The van der Waals surface area contributed by atoms with Crippen LogP contribution in [-0.2, 0) is 28.4 Å². The van der Waals surface area contributed by atoms with Gasteiger partial charge >= 0.3 is 0 Å².